The Morgan fingerprint density at radius 3 is 1.23 bits per heavy atom. The van der Waals surface area contributed by atoms with Gasteiger partial charge in [-0.25, -0.2) is 0 Å². The molecule has 2 aromatic carbocycles. The number of nitrogens with zero attached hydrogens (tertiary/aromatic N) is 1. The van der Waals surface area contributed by atoms with Crippen molar-refractivity contribution in [3.05, 3.63) is 71.8 Å². The van der Waals surface area contributed by atoms with Crippen molar-refractivity contribution in [1.29, 1.82) is 0 Å². The summed E-state index contributed by atoms with van der Waals surface area (Å²) in [6.45, 7) is 11.8. The van der Waals surface area contributed by atoms with Crippen molar-refractivity contribution in [2.24, 2.45) is 16.5 Å². The van der Waals surface area contributed by atoms with Crippen LogP contribution >= 0.6 is 0 Å². The minimum Gasteiger partial charge on any atom is -0.387 e. The second-order valence-corrected chi connectivity index (χ2v) is 5.41. The molecule has 0 fully saturated rings. The van der Waals surface area contributed by atoms with Crippen LogP contribution in [-0.2, 0) is 12.8 Å². The molecular formula is C23H39N3. The van der Waals surface area contributed by atoms with Crippen LogP contribution in [0, 0.1) is 0 Å². The first kappa shape index (κ1) is 26.1. The normalized spacial score (nSPS) is 9.54. The molecule has 0 aliphatic heterocycles. The minimum absolute atomic E-state index is 0.750. The molecule has 26 heavy (non-hydrogen) atoms. The highest BCUT2D eigenvalue weighted by Crippen LogP contribution is 1.97. The fourth-order valence-corrected chi connectivity index (χ4v) is 1.74. The number of aliphatic imine (C=N–C) groups is 1. The number of nitrogens with two attached hydrogens (primary N) is 2. The van der Waals surface area contributed by atoms with Crippen LogP contribution in [0.1, 0.15) is 52.2 Å². The second kappa shape index (κ2) is 20.9. The van der Waals surface area contributed by atoms with Gasteiger partial charge < -0.3 is 11.5 Å². The van der Waals surface area contributed by atoms with Gasteiger partial charge in [0.2, 0.25) is 0 Å². The number of aryl methyl sites for hydroxylation is 2. The van der Waals surface area contributed by atoms with Gasteiger partial charge in [0.05, 0.1) is 5.84 Å². The lowest BCUT2D eigenvalue weighted by Crippen LogP contribution is -2.09. The lowest BCUT2D eigenvalue weighted by atomic mass is 10.2. The first-order valence-corrected chi connectivity index (χ1v) is 9.65. The maximum atomic E-state index is 5.33. The molecule has 0 aliphatic rings. The van der Waals surface area contributed by atoms with Gasteiger partial charge in [-0.15, -0.1) is 0 Å². The number of benzene rings is 2. The van der Waals surface area contributed by atoms with E-state index in [9.17, 15) is 0 Å². The molecule has 3 nitrogen and oxygen atoms in total. The summed E-state index contributed by atoms with van der Waals surface area (Å²) in [5.41, 5.74) is 13.0. The molecule has 2 aromatic rings. The van der Waals surface area contributed by atoms with Gasteiger partial charge in [-0.2, -0.15) is 0 Å². The largest absolute Gasteiger partial charge is 0.387 e. The molecule has 0 amide bonds. The molecule has 0 radical (unpaired) electrons. The third kappa shape index (κ3) is 18.2. The molecule has 0 atom stereocenters. The Bertz CT molecular complexity index is 482. The van der Waals surface area contributed by atoms with Crippen LogP contribution < -0.4 is 11.5 Å². The zero-order chi connectivity index (χ0) is 20.0. The minimum atomic E-state index is 0.750. The summed E-state index contributed by atoms with van der Waals surface area (Å²) in [7, 11) is 0. The van der Waals surface area contributed by atoms with Gasteiger partial charge >= 0.3 is 0 Å². The van der Waals surface area contributed by atoms with Gasteiger partial charge in [-0.1, -0.05) is 88.4 Å². The Hall–Kier alpha value is -2.13. The Morgan fingerprint density at radius 1 is 0.731 bits per heavy atom. The van der Waals surface area contributed by atoms with Crippen LogP contribution in [-0.4, -0.2) is 18.9 Å². The summed E-state index contributed by atoms with van der Waals surface area (Å²) in [6, 6.07) is 20.9. The van der Waals surface area contributed by atoms with Crippen LogP contribution in [0.25, 0.3) is 0 Å². The average molecular weight is 358 g/mol. The van der Waals surface area contributed by atoms with Gasteiger partial charge in [-0.3, -0.25) is 4.99 Å². The Morgan fingerprint density at radius 2 is 1.08 bits per heavy atom. The van der Waals surface area contributed by atoms with Crippen LogP contribution in [0.3, 0.4) is 0 Å². The monoisotopic (exact) mass is 357 g/mol. The van der Waals surface area contributed by atoms with E-state index in [2.05, 4.69) is 67.4 Å². The van der Waals surface area contributed by atoms with Gasteiger partial charge in [0.1, 0.15) is 0 Å². The van der Waals surface area contributed by atoms with E-state index in [1.54, 1.807) is 0 Å². The van der Waals surface area contributed by atoms with Crippen molar-refractivity contribution in [3.8, 4) is 0 Å². The maximum Gasteiger partial charge on any atom is 0.0934 e. The van der Waals surface area contributed by atoms with Gasteiger partial charge in [0.25, 0.3) is 0 Å². The molecule has 4 N–H and O–H groups in total. The summed E-state index contributed by atoms with van der Waals surface area (Å²) in [6.07, 6.45) is 3.15. The van der Waals surface area contributed by atoms with E-state index < -0.39 is 0 Å². The van der Waals surface area contributed by atoms with Crippen LogP contribution in [0.5, 0.6) is 0 Å². The first-order valence-electron chi connectivity index (χ1n) is 9.65. The van der Waals surface area contributed by atoms with E-state index in [-0.39, 0.29) is 0 Å². The number of hydrogen-bond acceptors (Lipinski definition) is 2. The van der Waals surface area contributed by atoms with Crippen molar-refractivity contribution in [1.82, 2.24) is 0 Å². The van der Waals surface area contributed by atoms with Crippen LogP contribution in [0.15, 0.2) is 65.7 Å². The Balaban J connectivity index is 0. The molecule has 146 valence electrons. The summed E-state index contributed by atoms with van der Waals surface area (Å²) in [5.74, 6) is 0.752. The zero-order valence-corrected chi connectivity index (χ0v) is 17.4. The Labute approximate surface area is 161 Å². The third-order valence-corrected chi connectivity index (χ3v) is 3.23. The highest BCUT2D eigenvalue weighted by atomic mass is 14.8. The van der Waals surface area contributed by atoms with Crippen molar-refractivity contribution >= 4 is 5.84 Å². The molecule has 0 spiro atoms. The molecule has 3 heteroatoms. The van der Waals surface area contributed by atoms with E-state index in [1.165, 1.54) is 11.1 Å². The third-order valence-electron chi connectivity index (χ3n) is 3.23. The van der Waals surface area contributed by atoms with Crippen molar-refractivity contribution in [2.75, 3.05) is 13.1 Å². The molecule has 0 saturated heterocycles. The van der Waals surface area contributed by atoms with Crippen molar-refractivity contribution in [2.45, 2.75) is 53.9 Å². The van der Waals surface area contributed by atoms with E-state index in [4.69, 9.17) is 11.5 Å². The van der Waals surface area contributed by atoms with E-state index in [0.29, 0.717) is 0 Å². The fourth-order valence-electron chi connectivity index (χ4n) is 1.74. The van der Waals surface area contributed by atoms with Crippen molar-refractivity contribution in [3.63, 3.8) is 0 Å². The maximum absolute atomic E-state index is 5.33. The SMILES string of the molecule is CCN.CCN=C(N)CC.CCc1ccccc1.CCc1ccccc1. The molecule has 0 aromatic heterocycles. The van der Waals surface area contributed by atoms with Gasteiger partial charge in [-0.05, 0) is 37.4 Å². The second-order valence-electron chi connectivity index (χ2n) is 5.41. The fraction of sp³-hybridized carbons (Fsp3) is 0.435. The molecule has 0 aliphatic carbocycles. The number of rotatable bonds is 4. The van der Waals surface area contributed by atoms with Crippen molar-refractivity contribution < 1.29 is 0 Å². The highest BCUT2D eigenvalue weighted by Gasteiger charge is 1.81. The van der Waals surface area contributed by atoms with Crippen LogP contribution in [0.4, 0.5) is 0 Å². The molecular weight excluding hydrogens is 318 g/mol. The summed E-state index contributed by atoms with van der Waals surface area (Å²) < 4.78 is 0. The topological polar surface area (TPSA) is 64.4 Å². The smallest absolute Gasteiger partial charge is 0.0934 e. The lowest BCUT2D eigenvalue weighted by Gasteiger charge is -1.89. The number of amidine groups is 1. The summed E-state index contributed by atoms with van der Waals surface area (Å²) in [5, 5.41) is 0. The number of hydrogen-bond donors (Lipinski definition) is 2. The predicted octanol–water partition coefficient (Wildman–Crippen LogP) is 5.24. The molecule has 0 heterocycles. The van der Waals surface area contributed by atoms with E-state index in [1.807, 2.05) is 32.9 Å². The highest BCUT2D eigenvalue weighted by molar-refractivity contribution is 5.79. The van der Waals surface area contributed by atoms with E-state index >= 15 is 0 Å². The predicted molar refractivity (Wildman–Crippen MR) is 119 cm³/mol. The molecule has 0 unspecified atom stereocenters. The van der Waals surface area contributed by atoms with E-state index in [0.717, 1.165) is 38.2 Å². The average Bonchev–Trinajstić information content (AvgIpc) is 2.71. The van der Waals surface area contributed by atoms with Crippen LogP contribution in [0.2, 0.25) is 0 Å². The lowest BCUT2D eigenvalue weighted by molar-refractivity contribution is 1.09. The zero-order valence-electron chi connectivity index (χ0n) is 17.4. The van der Waals surface area contributed by atoms with Gasteiger partial charge in [0, 0.05) is 13.0 Å². The molecule has 0 bridgehead atoms. The molecule has 0 saturated carbocycles. The first-order chi connectivity index (χ1) is 12.6. The summed E-state index contributed by atoms with van der Waals surface area (Å²) in [4.78, 5) is 3.94. The summed E-state index contributed by atoms with van der Waals surface area (Å²) >= 11 is 0. The quantitative estimate of drug-likeness (QED) is 0.581. The standard InChI is InChI=1S/2C8H10.C5H12N2.C2H7N/c2*1-2-8-6-4-3-5-7-8;1-3-5(6)7-4-2;1-2-3/h2*3-7H,2H2,1H3;3-4H2,1-2H3,(H2,6,7);2-3H2,1H3. The molecule has 2 rings (SSSR count). The Kier molecular flexibility index (Phi) is 21.0. The van der Waals surface area contributed by atoms with Gasteiger partial charge in [0.15, 0.2) is 0 Å².